The van der Waals surface area contributed by atoms with Gasteiger partial charge in [-0.2, -0.15) is 9.97 Å². The molecule has 17 heavy (non-hydrogen) atoms. The number of aryl methyl sites for hydroxylation is 1. The zero-order chi connectivity index (χ0) is 12.4. The van der Waals surface area contributed by atoms with Gasteiger partial charge in [0, 0.05) is 18.5 Å². The molecule has 2 heterocycles. The van der Waals surface area contributed by atoms with Crippen molar-refractivity contribution in [2.45, 2.75) is 13.5 Å². The van der Waals surface area contributed by atoms with E-state index in [-0.39, 0.29) is 5.95 Å². The highest BCUT2D eigenvalue weighted by atomic mass is 32.1. The van der Waals surface area contributed by atoms with Crippen LogP contribution in [0.1, 0.15) is 10.7 Å². The van der Waals surface area contributed by atoms with Crippen LogP contribution < -0.4 is 16.4 Å². The SMILES string of the molecule is Cc1nc(CN(C)c2cc(N)nc(N)n2)cs1. The minimum absolute atomic E-state index is 0.182. The van der Waals surface area contributed by atoms with Crippen molar-refractivity contribution in [1.82, 2.24) is 15.0 Å². The fourth-order valence-electron chi connectivity index (χ4n) is 1.47. The fourth-order valence-corrected chi connectivity index (χ4v) is 2.08. The molecule has 0 saturated heterocycles. The van der Waals surface area contributed by atoms with Gasteiger partial charge < -0.3 is 16.4 Å². The van der Waals surface area contributed by atoms with Gasteiger partial charge in [-0.1, -0.05) is 0 Å². The van der Waals surface area contributed by atoms with Crippen molar-refractivity contribution >= 4 is 28.9 Å². The Morgan fingerprint density at radius 2 is 2.06 bits per heavy atom. The summed E-state index contributed by atoms with van der Waals surface area (Å²) in [6.07, 6.45) is 0. The van der Waals surface area contributed by atoms with Crippen LogP contribution in [0.5, 0.6) is 0 Å². The second kappa shape index (κ2) is 4.54. The molecule has 0 spiro atoms. The standard InChI is InChI=1S/C10H14N6S/c1-6-13-7(5-17-6)4-16(2)9-3-8(11)14-10(12)15-9/h3,5H,4H2,1-2H3,(H4,11,12,14,15). The van der Waals surface area contributed by atoms with E-state index >= 15 is 0 Å². The number of nitrogens with zero attached hydrogens (tertiary/aromatic N) is 4. The summed E-state index contributed by atoms with van der Waals surface area (Å²) in [5, 5.41) is 3.08. The molecule has 7 heteroatoms. The summed E-state index contributed by atoms with van der Waals surface area (Å²) in [4.78, 5) is 14.3. The van der Waals surface area contributed by atoms with E-state index in [9.17, 15) is 0 Å². The molecule has 0 aliphatic rings. The maximum atomic E-state index is 5.62. The number of hydrogen-bond donors (Lipinski definition) is 2. The molecule has 0 radical (unpaired) electrons. The summed E-state index contributed by atoms with van der Waals surface area (Å²) in [6.45, 7) is 2.65. The maximum Gasteiger partial charge on any atom is 0.223 e. The van der Waals surface area contributed by atoms with Crippen molar-refractivity contribution in [3.8, 4) is 0 Å². The van der Waals surface area contributed by atoms with E-state index in [2.05, 4.69) is 15.0 Å². The first-order valence-electron chi connectivity index (χ1n) is 5.07. The van der Waals surface area contributed by atoms with Gasteiger partial charge in [0.25, 0.3) is 0 Å². The molecule has 0 unspecified atom stereocenters. The van der Waals surface area contributed by atoms with E-state index in [0.717, 1.165) is 10.7 Å². The highest BCUT2D eigenvalue weighted by Gasteiger charge is 2.08. The molecule has 0 saturated carbocycles. The van der Waals surface area contributed by atoms with Crippen molar-refractivity contribution in [2.75, 3.05) is 23.4 Å². The van der Waals surface area contributed by atoms with Crippen LogP contribution >= 0.6 is 11.3 Å². The molecule has 2 aromatic heterocycles. The van der Waals surface area contributed by atoms with Crippen LogP contribution in [0.4, 0.5) is 17.6 Å². The molecule has 4 N–H and O–H groups in total. The maximum absolute atomic E-state index is 5.62. The molecule has 0 aliphatic carbocycles. The van der Waals surface area contributed by atoms with Crippen LogP contribution in [-0.4, -0.2) is 22.0 Å². The molecule has 0 amide bonds. The van der Waals surface area contributed by atoms with Crippen LogP contribution in [0.25, 0.3) is 0 Å². The second-order valence-electron chi connectivity index (χ2n) is 3.72. The predicted octanol–water partition coefficient (Wildman–Crippen LogP) is 1.04. The van der Waals surface area contributed by atoms with E-state index < -0.39 is 0 Å². The number of nitrogens with two attached hydrogens (primary N) is 2. The molecule has 2 rings (SSSR count). The van der Waals surface area contributed by atoms with Crippen LogP contribution in [0.3, 0.4) is 0 Å². The van der Waals surface area contributed by atoms with Gasteiger partial charge in [-0.15, -0.1) is 11.3 Å². The number of nitrogen functional groups attached to an aromatic ring is 2. The van der Waals surface area contributed by atoms with Crippen molar-refractivity contribution in [2.24, 2.45) is 0 Å². The van der Waals surface area contributed by atoms with E-state index in [1.807, 2.05) is 24.3 Å². The van der Waals surface area contributed by atoms with Gasteiger partial charge in [0.1, 0.15) is 11.6 Å². The van der Waals surface area contributed by atoms with Gasteiger partial charge in [-0.3, -0.25) is 0 Å². The summed E-state index contributed by atoms with van der Waals surface area (Å²) in [7, 11) is 1.91. The third-order valence-corrected chi connectivity index (χ3v) is 3.03. The van der Waals surface area contributed by atoms with E-state index in [1.165, 1.54) is 0 Å². The predicted molar refractivity (Wildman–Crippen MR) is 69.8 cm³/mol. The Hall–Kier alpha value is -1.89. The Kier molecular flexibility index (Phi) is 3.10. The smallest absolute Gasteiger partial charge is 0.223 e. The first kappa shape index (κ1) is 11.6. The lowest BCUT2D eigenvalue weighted by atomic mass is 10.4. The summed E-state index contributed by atoms with van der Waals surface area (Å²) >= 11 is 1.63. The third kappa shape index (κ3) is 2.82. The van der Waals surface area contributed by atoms with Gasteiger partial charge in [0.05, 0.1) is 17.2 Å². The van der Waals surface area contributed by atoms with Crippen molar-refractivity contribution in [3.63, 3.8) is 0 Å². The highest BCUT2D eigenvalue weighted by Crippen LogP contribution is 2.17. The Morgan fingerprint density at radius 3 is 2.65 bits per heavy atom. The topological polar surface area (TPSA) is 94.0 Å². The van der Waals surface area contributed by atoms with Gasteiger partial charge in [-0.25, -0.2) is 4.98 Å². The van der Waals surface area contributed by atoms with E-state index in [4.69, 9.17) is 11.5 Å². The molecule has 90 valence electrons. The van der Waals surface area contributed by atoms with Crippen LogP contribution in [0.2, 0.25) is 0 Å². The molecular formula is C10H14N6S. The van der Waals surface area contributed by atoms with Gasteiger partial charge in [0.15, 0.2) is 0 Å². The number of rotatable bonds is 3. The molecule has 0 aromatic carbocycles. The molecule has 0 atom stereocenters. The zero-order valence-corrected chi connectivity index (χ0v) is 10.5. The van der Waals surface area contributed by atoms with Gasteiger partial charge in [-0.05, 0) is 6.92 Å². The zero-order valence-electron chi connectivity index (χ0n) is 9.71. The lowest BCUT2D eigenvalue weighted by Crippen LogP contribution is -2.19. The summed E-state index contributed by atoms with van der Waals surface area (Å²) in [6, 6.07) is 1.69. The highest BCUT2D eigenvalue weighted by molar-refractivity contribution is 7.09. The Morgan fingerprint density at radius 1 is 1.29 bits per heavy atom. The van der Waals surface area contributed by atoms with Gasteiger partial charge in [0.2, 0.25) is 5.95 Å². The number of thiazole rings is 1. The number of anilines is 3. The van der Waals surface area contributed by atoms with Crippen LogP contribution in [0.15, 0.2) is 11.4 Å². The fraction of sp³-hybridized carbons (Fsp3) is 0.300. The van der Waals surface area contributed by atoms with Gasteiger partial charge >= 0.3 is 0 Å². The monoisotopic (exact) mass is 250 g/mol. The van der Waals surface area contributed by atoms with Crippen molar-refractivity contribution in [3.05, 3.63) is 22.1 Å². The lowest BCUT2D eigenvalue weighted by molar-refractivity contribution is 0.868. The number of hydrogen-bond acceptors (Lipinski definition) is 7. The minimum Gasteiger partial charge on any atom is -0.383 e. The average molecular weight is 250 g/mol. The van der Waals surface area contributed by atoms with Crippen LogP contribution in [-0.2, 0) is 6.54 Å². The quantitative estimate of drug-likeness (QED) is 0.845. The van der Waals surface area contributed by atoms with Crippen molar-refractivity contribution < 1.29 is 0 Å². The Balaban J connectivity index is 2.16. The van der Waals surface area contributed by atoms with E-state index in [1.54, 1.807) is 17.4 Å². The summed E-state index contributed by atoms with van der Waals surface area (Å²) in [5.41, 5.74) is 12.2. The molecule has 0 bridgehead atoms. The summed E-state index contributed by atoms with van der Waals surface area (Å²) in [5.74, 6) is 1.25. The van der Waals surface area contributed by atoms with E-state index in [0.29, 0.717) is 18.2 Å². The average Bonchev–Trinajstić information content (AvgIpc) is 2.62. The van der Waals surface area contributed by atoms with Crippen molar-refractivity contribution in [1.29, 1.82) is 0 Å². The number of aromatic nitrogens is 3. The Labute approximate surface area is 103 Å². The lowest BCUT2D eigenvalue weighted by Gasteiger charge is -2.17. The van der Waals surface area contributed by atoms with Crippen LogP contribution in [0, 0.1) is 6.92 Å². The molecule has 0 fully saturated rings. The molecule has 6 nitrogen and oxygen atoms in total. The molecule has 2 aromatic rings. The minimum atomic E-state index is 0.182. The normalized spacial score (nSPS) is 10.5. The third-order valence-electron chi connectivity index (χ3n) is 2.21. The first-order valence-corrected chi connectivity index (χ1v) is 5.95. The molecule has 0 aliphatic heterocycles. The largest absolute Gasteiger partial charge is 0.383 e. The second-order valence-corrected chi connectivity index (χ2v) is 4.79. The molecular weight excluding hydrogens is 236 g/mol. The summed E-state index contributed by atoms with van der Waals surface area (Å²) < 4.78 is 0. The first-order chi connectivity index (χ1) is 8.04. The Bertz CT molecular complexity index is 503.